The fourth-order valence-corrected chi connectivity index (χ4v) is 4.44. The van der Waals surface area contributed by atoms with Crippen molar-refractivity contribution in [1.29, 1.82) is 0 Å². The summed E-state index contributed by atoms with van der Waals surface area (Å²) in [6.07, 6.45) is 5.24. The molecule has 0 aromatic heterocycles. The van der Waals surface area contributed by atoms with Crippen LogP contribution in [0.4, 0.5) is 0 Å². The lowest BCUT2D eigenvalue weighted by atomic mass is 9.79. The van der Waals surface area contributed by atoms with Gasteiger partial charge in [0, 0.05) is 18.6 Å². The molecule has 2 heterocycles. The standard InChI is InChI=1S/C21H25N/c1-16(18-7-3-2-4-8-18)22-15-17-11-12-21(22)14-20-10-6-5-9-19(20)13-17/h2-10,16-17,21H,11-15H2,1H3/t16?,17-,21-/m1/s1. The second-order valence-corrected chi connectivity index (χ2v) is 7.06. The maximum atomic E-state index is 2.78. The first-order valence-electron chi connectivity index (χ1n) is 8.69. The van der Waals surface area contributed by atoms with Crippen molar-refractivity contribution in [3.8, 4) is 0 Å². The number of rotatable bonds is 2. The number of piperidine rings is 1. The molecule has 2 bridgehead atoms. The summed E-state index contributed by atoms with van der Waals surface area (Å²) in [7, 11) is 0. The number of benzene rings is 2. The first-order valence-corrected chi connectivity index (χ1v) is 8.69. The molecule has 1 fully saturated rings. The summed E-state index contributed by atoms with van der Waals surface area (Å²) in [6.45, 7) is 3.65. The average molecular weight is 291 g/mol. The quantitative estimate of drug-likeness (QED) is 0.780. The third-order valence-electron chi connectivity index (χ3n) is 5.71. The van der Waals surface area contributed by atoms with Crippen molar-refractivity contribution in [2.24, 2.45) is 5.92 Å². The molecule has 3 atom stereocenters. The minimum Gasteiger partial charge on any atom is -0.293 e. The zero-order valence-electron chi connectivity index (χ0n) is 13.4. The maximum Gasteiger partial charge on any atom is 0.0323 e. The fraction of sp³-hybridized carbons (Fsp3) is 0.429. The number of hydrogen-bond acceptors (Lipinski definition) is 1. The molecule has 1 saturated heterocycles. The molecule has 0 saturated carbocycles. The molecular weight excluding hydrogens is 266 g/mol. The molecule has 114 valence electrons. The molecule has 0 N–H and O–H groups in total. The van der Waals surface area contributed by atoms with E-state index in [0.717, 1.165) is 5.92 Å². The van der Waals surface area contributed by atoms with E-state index in [9.17, 15) is 0 Å². The summed E-state index contributed by atoms with van der Waals surface area (Å²) in [6, 6.07) is 21.4. The highest BCUT2D eigenvalue weighted by atomic mass is 15.2. The van der Waals surface area contributed by atoms with Crippen LogP contribution in [0.25, 0.3) is 0 Å². The van der Waals surface area contributed by atoms with E-state index in [4.69, 9.17) is 0 Å². The van der Waals surface area contributed by atoms with Crippen LogP contribution >= 0.6 is 0 Å². The second-order valence-electron chi connectivity index (χ2n) is 7.06. The van der Waals surface area contributed by atoms with Crippen LogP contribution in [-0.4, -0.2) is 17.5 Å². The summed E-state index contributed by atoms with van der Waals surface area (Å²) in [5.41, 5.74) is 4.65. The van der Waals surface area contributed by atoms with Gasteiger partial charge in [0.2, 0.25) is 0 Å². The number of nitrogens with zero attached hydrogens (tertiary/aromatic N) is 1. The molecule has 2 aromatic rings. The van der Waals surface area contributed by atoms with E-state index < -0.39 is 0 Å². The van der Waals surface area contributed by atoms with Crippen LogP contribution in [0, 0.1) is 5.92 Å². The summed E-state index contributed by atoms with van der Waals surface area (Å²) < 4.78 is 0. The normalized spacial score (nSPS) is 26.0. The lowest BCUT2D eigenvalue weighted by molar-refractivity contribution is 0.0643. The average Bonchev–Trinajstić information content (AvgIpc) is 2.55. The molecule has 3 aliphatic rings. The molecular formula is C21H25N. The highest BCUT2D eigenvalue weighted by molar-refractivity contribution is 5.30. The Kier molecular flexibility index (Phi) is 3.75. The largest absolute Gasteiger partial charge is 0.293 e. The predicted octanol–water partition coefficient (Wildman–Crippen LogP) is 4.63. The number of fused-ring (bicyclic) bond motifs is 2. The molecule has 0 radical (unpaired) electrons. The van der Waals surface area contributed by atoms with Crippen LogP contribution in [0.2, 0.25) is 0 Å². The monoisotopic (exact) mass is 291 g/mol. The molecule has 1 aliphatic carbocycles. The van der Waals surface area contributed by atoms with Crippen LogP contribution in [0.5, 0.6) is 0 Å². The predicted molar refractivity (Wildman–Crippen MR) is 91.9 cm³/mol. The van der Waals surface area contributed by atoms with E-state index in [1.165, 1.54) is 37.8 Å². The Morgan fingerprint density at radius 1 is 0.864 bits per heavy atom. The third-order valence-corrected chi connectivity index (χ3v) is 5.71. The molecule has 2 aliphatic heterocycles. The van der Waals surface area contributed by atoms with Gasteiger partial charge in [-0.3, -0.25) is 4.90 Å². The Labute approximate surface area is 134 Å². The van der Waals surface area contributed by atoms with E-state index in [-0.39, 0.29) is 0 Å². The lowest BCUT2D eigenvalue weighted by Gasteiger charge is -2.45. The summed E-state index contributed by atoms with van der Waals surface area (Å²) in [4.78, 5) is 2.78. The third kappa shape index (κ3) is 2.59. The topological polar surface area (TPSA) is 3.24 Å². The molecule has 2 aromatic carbocycles. The highest BCUT2D eigenvalue weighted by Crippen LogP contribution is 2.36. The van der Waals surface area contributed by atoms with E-state index in [1.54, 1.807) is 11.1 Å². The molecule has 22 heavy (non-hydrogen) atoms. The van der Waals surface area contributed by atoms with E-state index in [0.29, 0.717) is 12.1 Å². The highest BCUT2D eigenvalue weighted by Gasteiger charge is 2.34. The van der Waals surface area contributed by atoms with Gasteiger partial charge in [-0.15, -0.1) is 0 Å². The van der Waals surface area contributed by atoms with Crippen LogP contribution < -0.4 is 0 Å². The van der Waals surface area contributed by atoms with Crippen molar-refractivity contribution < 1.29 is 0 Å². The van der Waals surface area contributed by atoms with Gasteiger partial charge in [-0.05, 0) is 55.2 Å². The SMILES string of the molecule is CC(c1ccccc1)N1C[C@@H]2CC[C@@H]1Cc1ccccc1C2. The van der Waals surface area contributed by atoms with Gasteiger partial charge >= 0.3 is 0 Å². The molecule has 1 nitrogen and oxygen atoms in total. The minimum atomic E-state index is 0.527. The van der Waals surface area contributed by atoms with Crippen molar-refractivity contribution in [1.82, 2.24) is 4.90 Å². The minimum absolute atomic E-state index is 0.527. The molecule has 0 amide bonds. The Morgan fingerprint density at radius 3 is 2.32 bits per heavy atom. The van der Waals surface area contributed by atoms with Gasteiger partial charge < -0.3 is 0 Å². The van der Waals surface area contributed by atoms with Crippen LogP contribution in [0.15, 0.2) is 54.6 Å². The van der Waals surface area contributed by atoms with E-state index >= 15 is 0 Å². The van der Waals surface area contributed by atoms with Gasteiger partial charge in [0.25, 0.3) is 0 Å². The summed E-state index contributed by atoms with van der Waals surface area (Å²) in [5.74, 6) is 0.823. The van der Waals surface area contributed by atoms with Gasteiger partial charge in [0.15, 0.2) is 0 Å². The van der Waals surface area contributed by atoms with Gasteiger partial charge in [-0.1, -0.05) is 54.6 Å². The number of hydrogen-bond donors (Lipinski definition) is 0. The molecule has 5 rings (SSSR count). The van der Waals surface area contributed by atoms with Crippen LogP contribution in [-0.2, 0) is 12.8 Å². The fourth-order valence-electron chi connectivity index (χ4n) is 4.44. The van der Waals surface area contributed by atoms with Crippen molar-refractivity contribution in [2.45, 2.75) is 44.7 Å². The van der Waals surface area contributed by atoms with Crippen LogP contribution in [0.3, 0.4) is 0 Å². The molecule has 1 unspecified atom stereocenters. The summed E-state index contributed by atoms with van der Waals surface area (Å²) >= 11 is 0. The Morgan fingerprint density at radius 2 is 1.55 bits per heavy atom. The maximum absolute atomic E-state index is 2.78. The molecule has 1 heteroatoms. The smallest absolute Gasteiger partial charge is 0.0323 e. The van der Waals surface area contributed by atoms with Crippen molar-refractivity contribution in [2.75, 3.05) is 6.54 Å². The lowest BCUT2D eigenvalue weighted by Crippen LogP contribution is -2.47. The van der Waals surface area contributed by atoms with Crippen LogP contribution in [0.1, 0.15) is 42.5 Å². The van der Waals surface area contributed by atoms with Crippen molar-refractivity contribution in [3.05, 3.63) is 71.3 Å². The van der Waals surface area contributed by atoms with Crippen molar-refractivity contribution >= 4 is 0 Å². The van der Waals surface area contributed by atoms with Gasteiger partial charge in [0.1, 0.15) is 0 Å². The summed E-state index contributed by atoms with van der Waals surface area (Å²) in [5, 5.41) is 0. The second kappa shape index (κ2) is 5.89. The van der Waals surface area contributed by atoms with E-state index in [2.05, 4.69) is 66.4 Å². The Hall–Kier alpha value is -1.60. The Bertz CT molecular complexity index is 633. The van der Waals surface area contributed by atoms with Crippen molar-refractivity contribution in [3.63, 3.8) is 0 Å². The zero-order valence-corrected chi connectivity index (χ0v) is 13.4. The first kappa shape index (κ1) is 14.0. The zero-order chi connectivity index (χ0) is 14.9. The Balaban J connectivity index is 1.64. The molecule has 0 spiro atoms. The van der Waals surface area contributed by atoms with E-state index in [1.807, 2.05) is 0 Å². The first-order chi connectivity index (χ1) is 10.8. The van der Waals surface area contributed by atoms with Gasteiger partial charge in [-0.25, -0.2) is 0 Å². The van der Waals surface area contributed by atoms with Gasteiger partial charge in [0.05, 0.1) is 0 Å². The van der Waals surface area contributed by atoms with Gasteiger partial charge in [-0.2, -0.15) is 0 Å².